The Morgan fingerprint density at radius 1 is 1.04 bits per heavy atom. The number of fused-ring (bicyclic) bond motifs is 2. The summed E-state index contributed by atoms with van der Waals surface area (Å²) in [5, 5.41) is 3.34. The molecule has 1 amide bonds. The topological polar surface area (TPSA) is 69.7 Å². The summed E-state index contributed by atoms with van der Waals surface area (Å²) in [6, 6.07) is 9.72. The van der Waals surface area contributed by atoms with Crippen LogP contribution >= 0.6 is 0 Å². The minimum absolute atomic E-state index is 0.158. The van der Waals surface area contributed by atoms with Crippen LogP contribution in [0, 0.1) is 29.6 Å². The molecule has 1 aliphatic carbocycles. The van der Waals surface area contributed by atoms with Gasteiger partial charge in [0.2, 0.25) is 15.9 Å². The fraction of sp³-hybridized carbons (Fsp3) is 0.632. The molecule has 3 aliphatic heterocycles. The number of hydrogen-bond donors (Lipinski definition) is 1. The van der Waals surface area contributed by atoms with E-state index >= 15 is 0 Å². The van der Waals surface area contributed by atoms with Crippen LogP contribution < -0.4 is 5.32 Å². The lowest BCUT2D eigenvalue weighted by Gasteiger charge is -2.28. The van der Waals surface area contributed by atoms with E-state index in [0.29, 0.717) is 37.4 Å². The number of amides is 1. The maximum atomic E-state index is 12.9. The van der Waals surface area contributed by atoms with Crippen LogP contribution in [0.15, 0.2) is 30.3 Å². The van der Waals surface area contributed by atoms with E-state index in [-0.39, 0.29) is 23.8 Å². The molecule has 1 saturated carbocycles. The van der Waals surface area contributed by atoms with Crippen molar-refractivity contribution >= 4 is 15.9 Å². The first kappa shape index (κ1) is 16.7. The smallest absolute Gasteiger partial charge is 0.226 e. The lowest BCUT2D eigenvalue weighted by Crippen LogP contribution is -2.38. The first-order valence-corrected chi connectivity index (χ1v) is 11.3. The predicted molar refractivity (Wildman–Crippen MR) is 97.6 cm³/mol. The van der Waals surface area contributed by atoms with Crippen molar-refractivity contribution in [1.29, 1.82) is 0 Å². The molecular formula is C19H25N3O3S. The fourth-order valence-corrected chi connectivity index (χ4v) is 6.74. The van der Waals surface area contributed by atoms with E-state index in [1.165, 1.54) is 6.26 Å². The van der Waals surface area contributed by atoms with E-state index in [1.54, 1.807) is 4.31 Å². The molecule has 7 heteroatoms. The van der Waals surface area contributed by atoms with Gasteiger partial charge in [-0.1, -0.05) is 30.3 Å². The molecule has 0 radical (unpaired) electrons. The number of carbonyl (C=O) groups is 1. The summed E-state index contributed by atoms with van der Waals surface area (Å²) in [6.45, 7) is 3.83. The number of likely N-dealkylation sites (tertiary alicyclic amines) is 1. The van der Waals surface area contributed by atoms with Crippen LogP contribution in [0.25, 0.3) is 0 Å². The molecule has 5 rings (SSSR count). The Bertz CT molecular complexity index is 818. The Balaban J connectivity index is 1.38. The second kappa shape index (κ2) is 5.78. The van der Waals surface area contributed by atoms with Crippen molar-refractivity contribution in [2.24, 2.45) is 29.6 Å². The summed E-state index contributed by atoms with van der Waals surface area (Å²) < 4.78 is 26.4. The lowest BCUT2D eigenvalue weighted by atomic mass is 9.90. The zero-order valence-electron chi connectivity index (χ0n) is 14.9. The van der Waals surface area contributed by atoms with Crippen molar-refractivity contribution < 1.29 is 13.2 Å². The van der Waals surface area contributed by atoms with Crippen molar-refractivity contribution in [2.45, 2.75) is 6.04 Å². The van der Waals surface area contributed by atoms with Crippen LogP contribution in [0.1, 0.15) is 11.6 Å². The first-order valence-electron chi connectivity index (χ1n) is 9.46. The Labute approximate surface area is 154 Å². The fourth-order valence-electron chi connectivity index (χ4n) is 5.59. The van der Waals surface area contributed by atoms with Gasteiger partial charge in [-0.2, -0.15) is 4.31 Å². The largest absolute Gasteiger partial charge is 0.342 e. The van der Waals surface area contributed by atoms with Gasteiger partial charge in [0.05, 0.1) is 12.3 Å². The summed E-state index contributed by atoms with van der Waals surface area (Å²) in [5.74, 6) is 1.98. The molecule has 26 heavy (non-hydrogen) atoms. The average Bonchev–Trinajstić information content (AvgIpc) is 3.01. The highest BCUT2D eigenvalue weighted by molar-refractivity contribution is 7.88. The summed E-state index contributed by atoms with van der Waals surface area (Å²) in [4.78, 5) is 15.0. The Morgan fingerprint density at radius 2 is 1.73 bits per heavy atom. The highest BCUT2D eigenvalue weighted by Gasteiger charge is 2.60. The van der Waals surface area contributed by atoms with Gasteiger partial charge < -0.3 is 10.2 Å². The zero-order valence-corrected chi connectivity index (χ0v) is 15.7. The number of piperidine rings is 1. The Morgan fingerprint density at radius 3 is 2.38 bits per heavy atom. The van der Waals surface area contributed by atoms with E-state index in [9.17, 15) is 13.2 Å². The molecule has 4 aliphatic rings. The highest BCUT2D eigenvalue weighted by Crippen LogP contribution is 2.52. The number of benzene rings is 1. The number of rotatable bonds is 3. The molecular weight excluding hydrogens is 350 g/mol. The van der Waals surface area contributed by atoms with E-state index < -0.39 is 10.0 Å². The second-order valence-corrected chi connectivity index (χ2v) is 10.3. The van der Waals surface area contributed by atoms with Crippen molar-refractivity contribution in [3.63, 3.8) is 0 Å². The van der Waals surface area contributed by atoms with Gasteiger partial charge in [-0.25, -0.2) is 8.42 Å². The van der Waals surface area contributed by atoms with Crippen molar-refractivity contribution in [2.75, 3.05) is 39.0 Å². The average molecular weight is 375 g/mol. The van der Waals surface area contributed by atoms with E-state index in [0.717, 1.165) is 18.7 Å². The van der Waals surface area contributed by atoms with Crippen LogP contribution in [-0.2, 0) is 14.8 Å². The molecule has 1 N–H and O–H groups in total. The molecule has 1 unspecified atom stereocenters. The zero-order chi connectivity index (χ0) is 18.1. The highest BCUT2D eigenvalue weighted by atomic mass is 32.2. The monoisotopic (exact) mass is 375 g/mol. The maximum absolute atomic E-state index is 12.9. The summed E-state index contributed by atoms with van der Waals surface area (Å²) in [6.07, 6.45) is 1.30. The molecule has 3 heterocycles. The summed E-state index contributed by atoms with van der Waals surface area (Å²) >= 11 is 0. The molecule has 0 bridgehead atoms. The maximum Gasteiger partial charge on any atom is 0.226 e. The third kappa shape index (κ3) is 2.52. The minimum Gasteiger partial charge on any atom is -0.342 e. The predicted octanol–water partition coefficient (Wildman–Crippen LogP) is 0.543. The third-order valence-electron chi connectivity index (χ3n) is 6.88. The van der Waals surface area contributed by atoms with Crippen LogP contribution in [0.3, 0.4) is 0 Å². The van der Waals surface area contributed by atoms with Gasteiger partial charge >= 0.3 is 0 Å². The lowest BCUT2D eigenvalue weighted by molar-refractivity contribution is -0.132. The minimum atomic E-state index is -3.27. The number of hydrogen-bond acceptors (Lipinski definition) is 4. The van der Waals surface area contributed by atoms with E-state index in [2.05, 4.69) is 5.32 Å². The Kier molecular flexibility index (Phi) is 3.71. The van der Waals surface area contributed by atoms with Crippen LogP contribution in [0.2, 0.25) is 0 Å². The first-order chi connectivity index (χ1) is 12.4. The van der Waals surface area contributed by atoms with Gasteiger partial charge in [0.1, 0.15) is 0 Å². The molecule has 6 nitrogen and oxygen atoms in total. The molecule has 4 fully saturated rings. The Hall–Kier alpha value is -1.44. The SMILES string of the molecule is CS(=O)(=O)N1C[C@H]2CN(C(=O)C3[C@H]4CNC[C@@H]34)C[C@H]2[C@@H]1c1ccccc1. The third-order valence-corrected chi connectivity index (χ3v) is 8.11. The number of nitrogens with one attached hydrogen (secondary N) is 1. The molecule has 1 aromatic rings. The number of sulfonamides is 1. The molecule has 140 valence electrons. The summed E-state index contributed by atoms with van der Waals surface area (Å²) in [5.41, 5.74) is 1.03. The van der Waals surface area contributed by atoms with Gasteiger partial charge in [0.25, 0.3) is 0 Å². The quantitative estimate of drug-likeness (QED) is 0.837. The second-order valence-electron chi connectivity index (χ2n) is 8.37. The van der Waals surface area contributed by atoms with Gasteiger partial charge in [0, 0.05) is 31.5 Å². The molecule has 0 aromatic heterocycles. The van der Waals surface area contributed by atoms with Gasteiger partial charge in [0.15, 0.2) is 0 Å². The van der Waals surface area contributed by atoms with Gasteiger partial charge in [-0.15, -0.1) is 0 Å². The van der Waals surface area contributed by atoms with E-state index in [1.807, 2.05) is 35.2 Å². The molecule has 6 atom stereocenters. The van der Waals surface area contributed by atoms with Gasteiger partial charge in [-0.3, -0.25) is 4.79 Å². The van der Waals surface area contributed by atoms with Crippen LogP contribution in [-0.4, -0.2) is 62.5 Å². The normalized spacial score (nSPS) is 39.0. The van der Waals surface area contributed by atoms with Crippen molar-refractivity contribution in [3.05, 3.63) is 35.9 Å². The van der Waals surface area contributed by atoms with Crippen molar-refractivity contribution in [1.82, 2.24) is 14.5 Å². The van der Waals surface area contributed by atoms with E-state index in [4.69, 9.17) is 0 Å². The summed E-state index contributed by atoms with van der Waals surface area (Å²) in [7, 11) is -3.27. The number of carbonyl (C=O) groups excluding carboxylic acids is 1. The van der Waals surface area contributed by atoms with Gasteiger partial charge in [-0.05, 0) is 36.4 Å². The van der Waals surface area contributed by atoms with Crippen LogP contribution in [0.5, 0.6) is 0 Å². The van der Waals surface area contributed by atoms with Crippen molar-refractivity contribution in [3.8, 4) is 0 Å². The molecule has 3 saturated heterocycles. The number of nitrogens with zero attached hydrogens (tertiary/aromatic N) is 2. The van der Waals surface area contributed by atoms with Crippen LogP contribution in [0.4, 0.5) is 0 Å². The molecule has 1 aromatic carbocycles. The molecule has 0 spiro atoms. The standard InChI is InChI=1S/C19H25N3O3S/c1-26(24,25)22-10-13-9-21(19(23)17-14-7-20-8-15(14)17)11-16(13)18(22)12-5-3-2-4-6-12/h2-6,13-18,20H,7-11H2,1H3/t13-,14-,15+,16-,17?,18+/m1/s1.